The number of hydrogen-bond acceptors (Lipinski definition) is 3. The molecule has 4 heteroatoms. The zero-order valence-electron chi connectivity index (χ0n) is 8.72. The van der Waals surface area contributed by atoms with Gasteiger partial charge in [-0.25, -0.2) is 4.98 Å². The van der Waals surface area contributed by atoms with Gasteiger partial charge in [0.25, 0.3) is 0 Å². The van der Waals surface area contributed by atoms with E-state index in [4.69, 9.17) is 5.73 Å². The molecule has 0 radical (unpaired) electrons. The van der Waals surface area contributed by atoms with E-state index < -0.39 is 0 Å². The van der Waals surface area contributed by atoms with Crippen LogP contribution >= 0.6 is 0 Å². The molecule has 0 aliphatic rings. The van der Waals surface area contributed by atoms with Crippen molar-refractivity contribution in [1.29, 1.82) is 0 Å². The first-order chi connectivity index (χ1) is 7.36. The van der Waals surface area contributed by atoms with Crippen LogP contribution in [0.4, 0.5) is 0 Å². The van der Waals surface area contributed by atoms with Crippen LogP contribution in [0.3, 0.4) is 0 Å². The van der Waals surface area contributed by atoms with Crippen LogP contribution in [0.2, 0.25) is 0 Å². The maximum atomic E-state index is 5.64. The summed E-state index contributed by atoms with van der Waals surface area (Å²) in [6, 6.07) is 5.81. The van der Waals surface area contributed by atoms with Gasteiger partial charge in [0.05, 0.1) is 11.9 Å². The van der Waals surface area contributed by atoms with E-state index in [1.54, 1.807) is 6.20 Å². The molecule has 2 rings (SSSR count). The molecule has 0 saturated carbocycles. The van der Waals surface area contributed by atoms with Crippen LogP contribution in [-0.2, 0) is 13.1 Å². The summed E-state index contributed by atoms with van der Waals surface area (Å²) in [7, 11) is 0. The molecule has 2 aromatic rings. The zero-order chi connectivity index (χ0) is 10.7. The summed E-state index contributed by atoms with van der Waals surface area (Å²) in [5, 5.41) is 0. The fourth-order valence-electron chi connectivity index (χ4n) is 1.63. The second-order valence-electron chi connectivity index (χ2n) is 3.24. The Morgan fingerprint density at radius 3 is 2.80 bits per heavy atom. The zero-order valence-corrected chi connectivity index (χ0v) is 8.72. The molecule has 0 amide bonds. The average Bonchev–Trinajstić information content (AvgIpc) is 2.72. The Balaban J connectivity index is 2.49. The Morgan fingerprint density at radius 2 is 2.20 bits per heavy atom. The van der Waals surface area contributed by atoms with Crippen molar-refractivity contribution in [3.63, 3.8) is 0 Å². The van der Waals surface area contributed by atoms with Gasteiger partial charge in [-0.15, -0.1) is 0 Å². The second kappa shape index (κ2) is 4.23. The predicted molar refractivity (Wildman–Crippen MR) is 59.0 cm³/mol. The van der Waals surface area contributed by atoms with Crippen LogP contribution in [0.25, 0.3) is 11.5 Å². The summed E-state index contributed by atoms with van der Waals surface area (Å²) in [5.74, 6) is 0.888. The first kappa shape index (κ1) is 9.86. The monoisotopic (exact) mass is 202 g/mol. The molecule has 0 aromatic carbocycles. The number of rotatable bonds is 3. The van der Waals surface area contributed by atoms with Gasteiger partial charge in [0, 0.05) is 19.3 Å². The largest absolute Gasteiger partial charge is 0.326 e. The minimum Gasteiger partial charge on any atom is -0.326 e. The third-order valence-corrected chi connectivity index (χ3v) is 2.36. The van der Waals surface area contributed by atoms with Gasteiger partial charge < -0.3 is 10.3 Å². The van der Waals surface area contributed by atoms with Crippen molar-refractivity contribution in [2.45, 2.75) is 20.0 Å². The van der Waals surface area contributed by atoms with Crippen molar-refractivity contribution in [2.24, 2.45) is 5.73 Å². The van der Waals surface area contributed by atoms with Crippen molar-refractivity contribution in [1.82, 2.24) is 14.5 Å². The van der Waals surface area contributed by atoms with Crippen molar-refractivity contribution < 1.29 is 0 Å². The quantitative estimate of drug-likeness (QED) is 0.819. The van der Waals surface area contributed by atoms with E-state index in [9.17, 15) is 0 Å². The lowest BCUT2D eigenvalue weighted by Crippen LogP contribution is -2.07. The molecule has 0 atom stereocenters. The summed E-state index contributed by atoms with van der Waals surface area (Å²) in [4.78, 5) is 8.63. The lowest BCUT2D eigenvalue weighted by molar-refractivity contribution is 0.718. The molecule has 0 aliphatic heterocycles. The SMILES string of the molecule is CCn1c(CN)cnc1-c1ccccn1. The Hall–Kier alpha value is -1.68. The Bertz CT molecular complexity index is 433. The molecule has 0 unspecified atom stereocenters. The summed E-state index contributed by atoms with van der Waals surface area (Å²) >= 11 is 0. The maximum absolute atomic E-state index is 5.64. The van der Waals surface area contributed by atoms with Crippen LogP contribution in [0.5, 0.6) is 0 Å². The maximum Gasteiger partial charge on any atom is 0.158 e. The molecule has 2 N–H and O–H groups in total. The van der Waals surface area contributed by atoms with E-state index in [0.717, 1.165) is 23.8 Å². The van der Waals surface area contributed by atoms with Gasteiger partial charge in [0.15, 0.2) is 5.82 Å². The third-order valence-electron chi connectivity index (χ3n) is 2.36. The second-order valence-corrected chi connectivity index (χ2v) is 3.24. The highest BCUT2D eigenvalue weighted by molar-refractivity contribution is 5.50. The van der Waals surface area contributed by atoms with E-state index in [1.165, 1.54) is 0 Å². The van der Waals surface area contributed by atoms with E-state index >= 15 is 0 Å². The summed E-state index contributed by atoms with van der Waals surface area (Å²) < 4.78 is 2.09. The van der Waals surface area contributed by atoms with Gasteiger partial charge in [-0.05, 0) is 19.1 Å². The molecule has 2 heterocycles. The minimum absolute atomic E-state index is 0.508. The van der Waals surface area contributed by atoms with Crippen molar-refractivity contribution in [2.75, 3.05) is 0 Å². The topological polar surface area (TPSA) is 56.7 Å². The van der Waals surface area contributed by atoms with Crippen molar-refractivity contribution in [3.05, 3.63) is 36.3 Å². The molecule has 15 heavy (non-hydrogen) atoms. The highest BCUT2D eigenvalue weighted by Gasteiger charge is 2.09. The number of imidazole rings is 1. The molecule has 0 spiro atoms. The Morgan fingerprint density at radius 1 is 1.33 bits per heavy atom. The number of hydrogen-bond donors (Lipinski definition) is 1. The Kier molecular flexibility index (Phi) is 2.78. The van der Waals surface area contributed by atoms with Crippen molar-refractivity contribution in [3.8, 4) is 11.5 Å². The Labute approximate surface area is 88.8 Å². The van der Waals surface area contributed by atoms with Crippen LogP contribution in [0.15, 0.2) is 30.6 Å². The molecule has 0 fully saturated rings. The molecule has 78 valence electrons. The fourth-order valence-corrected chi connectivity index (χ4v) is 1.63. The predicted octanol–water partition coefficient (Wildman–Crippen LogP) is 1.42. The highest BCUT2D eigenvalue weighted by Crippen LogP contribution is 2.16. The van der Waals surface area contributed by atoms with Gasteiger partial charge in [-0.1, -0.05) is 6.07 Å². The number of aromatic nitrogens is 3. The normalized spacial score (nSPS) is 10.5. The van der Waals surface area contributed by atoms with Gasteiger partial charge in [-0.2, -0.15) is 0 Å². The van der Waals surface area contributed by atoms with Crippen LogP contribution in [-0.4, -0.2) is 14.5 Å². The summed E-state index contributed by atoms with van der Waals surface area (Å²) in [6.07, 6.45) is 3.58. The van der Waals surface area contributed by atoms with Gasteiger partial charge >= 0.3 is 0 Å². The average molecular weight is 202 g/mol. The van der Waals surface area contributed by atoms with E-state index in [2.05, 4.69) is 21.5 Å². The van der Waals surface area contributed by atoms with Crippen LogP contribution in [0.1, 0.15) is 12.6 Å². The molecule has 4 nitrogen and oxygen atoms in total. The fraction of sp³-hybridized carbons (Fsp3) is 0.273. The molecular formula is C11H14N4. The van der Waals surface area contributed by atoms with Gasteiger partial charge in [-0.3, -0.25) is 4.98 Å². The van der Waals surface area contributed by atoms with Crippen molar-refractivity contribution >= 4 is 0 Å². The molecule has 0 saturated heterocycles. The van der Waals surface area contributed by atoms with Crippen LogP contribution < -0.4 is 5.73 Å². The van der Waals surface area contributed by atoms with Gasteiger partial charge in [0.1, 0.15) is 5.69 Å². The summed E-state index contributed by atoms with van der Waals surface area (Å²) in [5.41, 5.74) is 7.56. The van der Waals surface area contributed by atoms with Gasteiger partial charge in [0.2, 0.25) is 0 Å². The lowest BCUT2D eigenvalue weighted by atomic mass is 10.3. The van der Waals surface area contributed by atoms with Crippen LogP contribution in [0, 0.1) is 0 Å². The minimum atomic E-state index is 0.508. The number of nitrogens with zero attached hydrogens (tertiary/aromatic N) is 3. The number of nitrogens with two attached hydrogens (primary N) is 1. The number of pyridine rings is 1. The first-order valence-corrected chi connectivity index (χ1v) is 5.02. The van der Waals surface area contributed by atoms with E-state index in [-0.39, 0.29) is 0 Å². The first-order valence-electron chi connectivity index (χ1n) is 5.02. The lowest BCUT2D eigenvalue weighted by Gasteiger charge is -2.06. The highest BCUT2D eigenvalue weighted by atomic mass is 15.1. The third kappa shape index (κ3) is 1.76. The summed E-state index contributed by atoms with van der Waals surface area (Å²) in [6.45, 7) is 3.44. The molecular weight excluding hydrogens is 188 g/mol. The molecule has 0 bridgehead atoms. The molecule has 2 aromatic heterocycles. The molecule has 0 aliphatic carbocycles. The smallest absolute Gasteiger partial charge is 0.158 e. The van der Waals surface area contributed by atoms with E-state index in [1.807, 2.05) is 24.4 Å². The standard InChI is InChI=1S/C11H14N4/c1-2-15-9(7-12)8-14-11(15)10-5-3-4-6-13-10/h3-6,8H,2,7,12H2,1H3. The van der Waals surface area contributed by atoms with E-state index in [0.29, 0.717) is 6.54 Å².